The van der Waals surface area contributed by atoms with E-state index in [0.29, 0.717) is 44.3 Å². The van der Waals surface area contributed by atoms with Crippen LogP contribution in [0, 0.1) is 24.0 Å². The molecule has 0 spiro atoms. The van der Waals surface area contributed by atoms with Crippen LogP contribution in [0.5, 0.6) is 0 Å². The summed E-state index contributed by atoms with van der Waals surface area (Å²) in [5.74, 6) is -0.0328. The van der Waals surface area contributed by atoms with Crippen LogP contribution in [0.4, 0.5) is 30.2 Å². The molecule has 1 heterocycles. The zero-order valence-corrected chi connectivity index (χ0v) is 21.6. The monoisotopic (exact) mass is 534 g/mol. The van der Waals surface area contributed by atoms with E-state index in [1.54, 1.807) is 6.92 Å². The number of nitrogens with one attached hydrogen (secondary N) is 1. The zero-order chi connectivity index (χ0) is 27.4. The Hall–Kier alpha value is -3.34. The average molecular weight is 535 g/mol. The number of nitro benzene ring substituents is 1. The van der Waals surface area contributed by atoms with Gasteiger partial charge in [-0.3, -0.25) is 14.9 Å². The summed E-state index contributed by atoms with van der Waals surface area (Å²) < 4.78 is 46.5. The third-order valence-corrected chi connectivity index (χ3v) is 7.58. The number of hydrogen-bond acceptors (Lipinski definition) is 6. The van der Waals surface area contributed by atoms with Crippen LogP contribution in [-0.2, 0) is 15.7 Å². The number of carbonyl (C=O) groups is 1. The predicted molar refractivity (Wildman–Crippen MR) is 138 cm³/mol. The molecule has 1 aliphatic heterocycles. The summed E-state index contributed by atoms with van der Waals surface area (Å²) >= 11 is 0. The lowest BCUT2D eigenvalue weighted by atomic mass is 9.92. The number of nitrogens with zero attached hydrogens (tertiary/aromatic N) is 3. The van der Waals surface area contributed by atoms with Crippen molar-refractivity contribution in [2.75, 3.05) is 43.0 Å². The van der Waals surface area contributed by atoms with E-state index in [9.17, 15) is 28.1 Å². The molecule has 0 atom stereocenters. The van der Waals surface area contributed by atoms with Gasteiger partial charge in [0.1, 0.15) is 12.2 Å². The van der Waals surface area contributed by atoms with E-state index in [4.69, 9.17) is 4.74 Å². The number of hydrogen-bond donors (Lipinski definition) is 1. The number of ether oxygens (including phenoxy) is 1. The van der Waals surface area contributed by atoms with Gasteiger partial charge in [0.05, 0.1) is 11.0 Å². The van der Waals surface area contributed by atoms with Crippen LogP contribution >= 0.6 is 0 Å². The van der Waals surface area contributed by atoms with E-state index in [1.807, 2.05) is 23.1 Å². The Kier molecular flexibility index (Phi) is 8.44. The molecule has 11 heteroatoms. The third-order valence-electron chi connectivity index (χ3n) is 7.58. The van der Waals surface area contributed by atoms with Crippen molar-refractivity contribution in [3.63, 3.8) is 0 Å². The van der Waals surface area contributed by atoms with Crippen LogP contribution in [-0.4, -0.2) is 60.7 Å². The SMILES string of the molecule is Cc1c(NC2CCC(OCC(=O)N3CCN(c4ccccc4)CC3)CC2)cc(C(F)(F)F)c([N+](=O)[O-])c1C. The number of nitro groups is 1. The summed E-state index contributed by atoms with van der Waals surface area (Å²) in [5, 5.41) is 14.5. The van der Waals surface area contributed by atoms with Gasteiger partial charge >= 0.3 is 6.18 Å². The highest BCUT2D eigenvalue weighted by molar-refractivity contribution is 5.77. The lowest BCUT2D eigenvalue weighted by Gasteiger charge is -2.36. The summed E-state index contributed by atoms with van der Waals surface area (Å²) in [5.41, 5.74) is -0.296. The molecule has 0 bridgehead atoms. The molecule has 1 N–H and O–H groups in total. The molecule has 0 unspecified atom stereocenters. The first-order valence-corrected chi connectivity index (χ1v) is 12.9. The number of carbonyl (C=O) groups excluding carboxylic acids is 1. The Morgan fingerprint density at radius 2 is 1.68 bits per heavy atom. The van der Waals surface area contributed by atoms with E-state index in [2.05, 4.69) is 22.3 Å². The second-order valence-corrected chi connectivity index (χ2v) is 9.96. The van der Waals surface area contributed by atoms with Crippen LogP contribution in [0.1, 0.15) is 42.4 Å². The van der Waals surface area contributed by atoms with Crippen LogP contribution in [0.15, 0.2) is 36.4 Å². The Bertz CT molecular complexity index is 1140. The Balaban J connectivity index is 1.26. The van der Waals surface area contributed by atoms with Gasteiger partial charge in [-0.05, 0) is 63.3 Å². The minimum Gasteiger partial charge on any atom is -0.382 e. The number of para-hydroxylation sites is 1. The molecule has 1 amide bonds. The molecule has 8 nitrogen and oxygen atoms in total. The van der Waals surface area contributed by atoms with Crippen LogP contribution in [0.2, 0.25) is 0 Å². The predicted octanol–water partition coefficient (Wildman–Crippen LogP) is 5.32. The first-order chi connectivity index (χ1) is 18.0. The zero-order valence-electron chi connectivity index (χ0n) is 21.6. The van der Waals surface area contributed by atoms with Gasteiger partial charge in [0.2, 0.25) is 5.91 Å². The van der Waals surface area contributed by atoms with E-state index in [-0.39, 0.29) is 35.9 Å². The highest BCUT2D eigenvalue weighted by atomic mass is 19.4. The number of amides is 1. The number of rotatable bonds is 7. The van der Waals surface area contributed by atoms with E-state index in [0.717, 1.165) is 24.8 Å². The summed E-state index contributed by atoms with van der Waals surface area (Å²) in [4.78, 5) is 27.1. The number of piperazine rings is 1. The molecule has 0 radical (unpaired) electrons. The van der Waals surface area contributed by atoms with E-state index < -0.39 is 22.4 Å². The first-order valence-electron chi connectivity index (χ1n) is 12.9. The fourth-order valence-corrected chi connectivity index (χ4v) is 5.23. The number of halogens is 3. The molecular weight excluding hydrogens is 501 g/mol. The fraction of sp³-hybridized carbons (Fsp3) is 0.519. The maximum Gasteiger partial charge on any atom is 0.423 e. The largest absolute Gasteiger partial charge is 0.423 e. The molecule has 2 aliphatic rings. The van der Waals surface area contributed by atoms with Crippen molar-refractivity contribution in [3.8, 4) is 0 Å². The van der Waals surface area contributed by atoms with Crippen molar-refractivity contribution in [1.29, 1.82) is 0 Å². The van der Waals surface area contributed by atoms with Crippen molar-refractivity contribution in [3.05, 3.63) is 63.2 Å². The Labute approximate surface area is 219 Å². The van der Waals surface area contributed by atoms with Gasteiger partial charge in [-0.2, -0.15) is 13.2 Å². The summed E-state index contributed by atoms with van der Waals surface area (Å²) in [6, 6.07) is 10.9. The van der Waals surface area contributed by atoms with Crippen molar-refractivity contribution in [2.24, 2.45) is 0 Å². The fourth-order valence-electron chi connectivity index (χ4n) is 5.23. The van der Waals surface area contributed by atoms with Gasteiger partial charge in [0.15, 0.2) is 0 Å². The number of alkyl halides is 3. The number of anilines is 2. The lowest BCUT2D eigenvalue weighted by Crippen LogP contribution is -2.50. The van der Waals surface area contributed by atoms with E-state index in [1.165, 1.54) is 6.92 Å². The van der Waals surface area contributed by atoms with Crippen molar-refractivity contribution >= 4 is 23.0 Å². The molecule has 1 saturated carbocycles. The normalized spacial score (nSPS) is 20.3. The van der Waals surface area contributed by atoms with Crippen LogP contribution < -0.4 is 10.2 Å². The quantitative estimate of drug-likeness (QED) is 0.382. The minimum atomic E-state index is -4.83. The smallest absolute Gasteiger partial charge is 0.382 e. The highest BCUT2D eigenvalue weighted by Crippen LogP contribution is 2.42. The highest BCUT2D eigenvalue weighted by Gasteiger charge is 2.40. The maximum atomic E-state index is 13.5. The minimum absolute atomic E-state index is 0.00691. The Morgan fingerprint density at radius 1 is 1.05 bits per heavy atom. The molecule has 2 aromatic rings. The molecule has 0 aromatic heterocycles. The molecule has 2 aromatic carbocycles. The van der Waals surface area contributed by atoms with Gasteiger partial charge in [-0.1, -0.05) is 18.2 Å². The third kappa shape index (κ3) is 6.38. The summed E-state index contributed by atoms with van der Waals surface area (Å²) in [6.07, 6.45) is -2.26. The topological polar surface area (TPSA) is 88.0 Å². The van der Waals surface area contributed by atoms with Crippen molar-refractivity contribution < 1.29 is 27.6 Å². The van der Waals surface area contributed by atoms with Gasteiger partial charge in [-0.25, -0.2) is 0 Å². The van der Waals surface area contributed by atoms with Crippen molar-refractivity contribution in [1.82, 2.24) is 4.90 Å². The maximum absolute atomic E-state index is 13.5. The molecular formula is C27H33F3N4O4. The molecule has 4 rings (SSSR count). The Morgan fingerprint density at radius 3 is 2.26 bits per heavy atom. The van der Waals surface area contributed by atoms with Crippen molar-refractivity contribution in [2.45, 2.75) is 57.9 Å². The molecule has 1 saturated heterocycles. The lowest BCUT2D eigenvalue weighted by molar-refractivity contribution is -0.388. The summed E-state index contributed by atoms with van der Waals surface area (Å²) in [6.45, 7) is 5.77. The van der Waals surface area contributed by atoms with Gasteiger partial charge in [0, 0.05) is 49.2 Å². The van der Waals surface area contributed by atoms with E-state index >= 15 is 0 Å². The second-order valence-electron chi connectivity index (χ2n) is 9.96. The average Bonchev–Trinajstić information content (AvgIpc) is 2.90. The molecule has 1 aliphatic carbocycles. The molecule has 206 valence electrons. The summed E-state index contributed by atoms with van der Waals surface area (Å²) in [7, 11) is 0. The first kappa shape index (κ1) is 27.7. The van der Waals surface area contributed by atoms with Crippen LogP contribution in [0.3, 0.4) is 0 Å². The molecule has 2 fully saturated rings. The standard InChI is InChI=1S/C27H33F3N4O4/c1-18-19(2)26(34(36)37)23(27(28,29)30)16-24(18)31-20-8-10-22(11-9-20)38-17-25(35)33-14-12-32(13-15-33)21-6-4-3-5-7-21/h3-7,16,20,22,31H,8-15,17H2,1-2H3. The second kappa shape index (κ2) is 11.6. The van der Waals surface area contributed by atoms with Crippen LogP contribution in [0.25, 0.3) is 0 Å². The number of benzene rings is 2. The molecule has 38 heavy (non-hydrogen) atoms. The van der Waals surface area contributed by atoms with Gasteiger partial charge in [-0.15, -0.1) is 0 Å². The van der Waals surface area contributed by atoms with Gasteiger partial charge < -0.3 is 19.9 Å². The van der Waals surface area contributed by atoms with Gasteiger partial charge in [0.25, 0.3) is 5.69 Å².